The van der Waals surface area contributed by atoms with Gasteiger partial charge in [-0.2, -0.15) is 0 Å². The van der Waals surface area contributed by atoms with Gasteiger partial charge in [0.15, 0.2) is 0 Å². The number of carbonyl (C=O) groups is 1. The van der Waals surface area contributed by atoms with E-state index in [9.17, 15) is 4.79 Å². The minimum atomic E-state index is 0.0742. The van der Waals surface area contributed by atoms with E-state index in [1.807, 2.05) is 24.3 Å². The Balaban J connectivity index is 1.77. The molecule has 2 atom stereocenters. The van der Waals surface area contributed by atoms with Gasteiger partial charge in [0.1, 0.15) is 5.75 Å². The molecule has 0 aromatic heterocycles. The summed E-state index contributed by atoms with van der Waals surface area (Å²) in [6.45, 7) is 7.52. The molecule has 0 bridgehead atoms. The van der Waals surface area contributed by atoms with Crippen LogP contribution in [0.5, 0.6) is 5.75 Å². The molecule has 4 nitrogen and oxygen atoms in total. The maximum Gasteiger partial charge on any atom is 0.224 e. The van der Waals surface area contributed by atoms with Gasteiger partial charge in [-0.15, -0.1) is 0 Å². The molecule has 0 radical (unpaired) electrons. The molecule has 1 N–H and O–H groups in total. The molecule has 122 valence electrons. The van der Waals surface area contributed by atoms with Gasteiger partial charge in [0, 0.05) is 19.1 Å². The Morgan fingerprint density at radius 3 is 3.05 bits per heavy atom. The molecule has 1 fully saturated rings. The molecule has 0 saturated carbocycles. The Hall–Kier alpha value is -1.55. The van der Waals surface area contributed by atoms with E-state index in [2.05, 4.69) is 24.1 Å². The summed E-state index contributed by atoms with van der Waals surface area (Å²) in [5.74, 6) is 1.63. The zero-order valence-corrected chi connectivity index (χ0v) is 14.0. The molecule has 0 aliphatic carbocycles. The summed E-state index contributed by atoms with van der Waals surface area (Å²) in [6, 6.07) is 8.07. The summed E-state index contributed by atoms with van der Waals surface area (Å²) in [5.41, 5.74) is 0.982. The van der Waals surface area contributed by atoms with Crippen molar-refractivity contribution >= 4 is 5.91 Å². The average molecular weight is 304 g/mol. The molecule has 1 aliphatic rings. The number of rotatable bonds is 6. The average Bonchev–Trinajstić information content (AvgIpc) is 2.52. The molecule has 2 rings (SSSR count). The fraction of sp³-hybridized carbons (Fsp3) is 0.611. The second-order valence-corrected chi connectivity index (χ2v) is 6.42. The first-order chi connectivity index (χ1) is 10.6. The van der Waals surface area contributed by atoms with E-state index in [1.165, 1.54) is 12.8 Å². The molecule has 2 unspecified atom stereocenters. The molecule has 0 spiro atoms. The van der Waals surface area contributed by atoms with E-state index in [-0.39, 0.29) is 5.91 Å². The second kappa shape index (κ2) is 8.18. The van der Waals surface area contributed by atoms with E-state index < -0.39 is 0 Å². The lowest BCUT2D eigenvalue weighted by Gasteiger charge is -2.35. The third-order valence-electron chi connectivity index (χ3n) is 4.41. The van der Waals surface area contributed by atoms with Gasteiger partial charge < -0.3 is 10.1 Å². The number of hydrogen-bond donors (Lipinski definition) is 1. The van der Waals surface area contributed by atoms with Crippen molar-refractivity contribution in [2.24, 2.45) is 5.92 Å². The zero-order chi connectivity index (χ0) is 15.9. The fourth-order valence-electron chi connectivity index (χ4n) is 3.05. The third kappa shape index (κ3) is 5.02. The van der Waals surface area contributed by atoms with Crippen molar-refractivity contribution in [2.45, 2.75) is 39.2 Å². The summed E-state index contributed by atoms with van der Waals surface area (Å²) in [6.07, 6.45) is 3.00. The zero-order valence-electron chi connectivity index (χ0n) is 14.0. The van der Waals surface area contributed by atoms with Crippen LogP contribution in [0.3, 0.4) is 0 Å². The predicted molar refractivity (Wildman–Crippen MR) is 89.1 cm³/mol. The number of likely N-dealkylation sites (tertiary alicyclic amines) is 1. The van der Waals surface area contributed by atoms with Crippen LogP contribution in [0.2, 0.25) is 0 Å². The summed E-state index contributed by atoms with van der Waals surface area (Å²) in [4.78, 5) is 14.6. The Bertz CT molecular complexity index is 490. The number of methoxy groups -OCH3 is 1. The molecule has 1 aromatic rings. The first-order valence-electron chi connectivity index (χ1n) is 8.22. The van der Waals surface area contributed by atoms with Gasteiger partial charge in [-0.3, -0.25) is 9.69 Å². The van der Waals surface area contributed by atoms with Crippen molar-refractivity contribution in [3.8, 4) is 5.75 Å². The van der Waals surface area contributed by atoms with Crippen LogP contribution >= 0.6 is 0 Å². The van der Waals surface area contributed by atoms with E-state index in [0.717, 1.165) is 36.9 Å². The SMILES string of the molecule is COc1cccc(CC(=O)NCC(C)N2CCCC(C)C2)c1. The van der Waals surface area contributed by atoms with Crippen molar-refractivity contribution in [3.05, 3.63) is 29.8 Å². The fourth-order valence-corrected chi connectivity index (χ4v) is 3.05. The van der Waals surface area contributed by atoms with Crippen LogP contribution in [-0.2, 0) is 11.2 Å². The van der Waals surface area contributed by atoms with Gasteiger partial charge in [-0.05, 0) is 49.9 Å². The van der Waals surface area contributed by atoms with Gasteiger partial charge in [0.25, 0.3) is 0 Å². The molecule has 1 saturated heterocycles. The molecule has 1 heterocycles. The van der Waals surface area contributed by atoms with Gasteiger partial charge in [0.2, 0.25) is 5.91 Å². The number of nitrogens with one attached hydrogen (secondary N) is 1. The maximum absolute atomic E-state index is 12.1. The number of nitrogens with zero attached hydrogens (tertiary/aromatic N) is 1. The Kier molecular flexibility index (Phi) is 6.25. The number of benzene rings is 1. The van der Waals surface area contributed by atoms with E-state index >= 15 is 0 Å². The van der Waals surface area contributed by atoms with Crippen molar-refractivity contribution < 1.29 is 9.53 Å². The number of hydrogen-bond acceptors (Lipinski definition) is 3. The number of carbonyl (C=O) groups excluding carboxylic acids is 1. The highest BCUT2D eigenvalue weighted by Gasteiger charge is 2.21. The topological polar surface area (TPSA) is 41.6 Å². The largest absolute Gasteiger partial charge is 0.497 e. The number of piperidine rings is 1. The third-order valence-corrected chi connectivity index (χ3v) is 4.41. The minimum absolute atomic E-state index is 0.0742. The summed E-state index contributed by atoms with van der Waals surface area (Å²) in [5, 5.41) is 3.06. The first-order valence-corrected chi connectivity index (χ1v) is 8.22. The van der Waals surface area contributed by atoms with Crippen molar-refractivity contribution in [2.75, 3.05) is 26.7 Å². The van der Waals surface area contributed by atoms with Crippen LogP contribution in [0.4, 0.5) is 0 Å². The summed E-state index contributed by atoms with van der Waals surface area (Å²) >= 11 is 0. The van der Waals surface area contributed by atoms with Gasteiger partial charge in [-0.25, -0.2) is 0 Å². The molecule has 1 amide bonds. The van der Waals surface area contributed by atoms with Crippen molar-refractivity contribution in [1.82, 2.24) is 10.2 Å². The van der Waals surface area contributed by atoms with Crippen LogP contribution in [0.1, 0.15) is 32.3 Å². The van der Waals surface area contributed by atoms with E-state index in [0.29, 0.717) is 12.5 Å². The Morgan fingerprint density at radius 2 is 2.32 bits per heavy atom. The smallest absolute Gasteiger partial charge is 0.224 e. The normalized spacial score (nSPS) is 20.4. The highest BCUT2D eigenvalue weighted by molar-refractivity contribution is 5.78. The van der Waals surface area contributed by atoms with Crippen LogP contribution in [0.25, 0.3) is 0 Å². The second-order valence-electron chi connectivity index (χ2n) is 6.42. The minimum Gasteiger partial charge on any atom is -0.497 e. The lowest BCUT2D eigenvalue weighted by atomic mass is 9.99. The quantitative estimate of drug-likeness (QED) is 0.878. The van der Waals surface area contributed by atoms with Crippen molar-refractivity contribution in [3.63, 3.8) is 0 Å². The van der Waals surface area contributed by atoms with Crippen LogP contribution in [0, 0.1) is 5.92 Å². The molecular formula is C18H28N2O2. The lowest BCUT2D eigenvalue weighted by Crippen LogP contribution is -2.46. The van der Waals surface area contributed by atoms with Gasteiger partial charge >= 0.3 is 0 Å². The highest BCUT2D eigenvalue weighted by atomic mass is 16.5. The number of ether oxygens (including phenoxy) is 1. The Morgan fingerprint density at radius 1 is 1.50 bits per heavy atom. The van der Waals surface area contributed by atoms with E-state index in [1.54, 1.807) is 7.11 Å². The van der Waals surface area contributed by atoms with Gasteiger partial charge in [-0.1, -0.05) is 19.1 Å². The lowest BCUT2D eigenvalue weighted by molar-refractivity contribution is -0.120. The first kappa shape index (κ1) is 16.8. The van der Waals surface area contributed by atoms with Crippen molar-refractivity contribution in [1.29, 1.82) is 0 Å². The Labute approximate surface area is 133 Å². The standard InChI is InChI=1S/C18H28N2O2/c1-14-6-5-9-20(13-14)15(2)12-19-18(21)11-16-7-4-8-17(10-16)22-3/h4,7-8,10,14-15H,5-6,9,11-13H2,1-3H3,(H,19,21). The monoisotopic (exact) mass is 304 g/mol. The molecule has 1 aromatic carbocycles. The summed E-state index contributed by atoms with van der Waals surface area (Å²) in [7, 11) is 1.64. The van der Waals surface area contributed by atoms with Gasteiger partial charge in [0.05, 0.1) is 13.5 Å². The molecular weight excluding hydrogens is 276 g/mol. The predicted octanol–water partition coefficient (Wildman–Crippen LogP) is 2.47. The van der Waals surface area contributed by atoms with Crippen LogP contribution < -0.4 is 10.1 Å². The maximum atomic E-state index is 12.1. The number of amides is 1. The van der Waals surface area contributed by atoms with E-state index in [4.69, 9.17) is 4.74 Å². The van der Waals surface area contributed by atoms with Crippen LogP contribution in [-0.4, -0.2) is 43.6 Å². The summed E-state index contributed by atoms with van der Waals surface area (Å²) < 4.78 is 5.19. The molecule has 1 aliphatic heterocycles. The molecule has 22 heavy (non-hydrogen) atoms. The highest BCUT2D eigenvalue weighted by Crippen LogP contribution is 2.17. The molecule has 4 heteroatoms. The van der Waals surface area contributed by atoms with Crippen LogP contribution in [0.15, 0.2) is 24.3 Å².